The molecule has 3 nitrogen and oxygen atoms in total. The van der Waals surface area contributed by atoms with Gasteiger partial charge in [0.2, 0.25) is 0 Å². The zero-order chi connectivity index (χ0) is 10.3. The number of likely N-dealkylation sites (tertiary alicyclic amines) is 1. The predicted octanol–water partition coefficient (Wildman–Crippen LogP) is -3.09. The van der Waals surface area contributed by atoms with E-state index in [2.05, 4.69) is 5.32 Å². The van der Waals surface area contributed by atoms with E-state index in [4.69, 9.17) is 0 Å². The van der Waals surface area contributed by atoms with Gasteiger partial charge in [0.1, 0.15) is 13.1 Å². The fourth-order valence-electron chi connectivity index (χ4n) is 3.04. The molecule has 2 rings (SSSR count). The van der Waals surface area contributed by atoms with E-state index >= 15 is 0 Å². The van der Waals surface area contributed by atoms with Gasteiger partial charge in [0.15, 0.2) is 0 Å². The summed E-state index contributed by atoms with van der Waals surface area (Å²) < 4.78 is 0. The lowest BCUT2D eigenvalue weighted by Gasteiger charge is -2.17. The first-order chi connectivity index (χ1) is 7.45. The Labute approximate surface area is 93.8 Å². The van der Waals surface area contributed by atoms with Crippen molar-refractivity contribution in [1.29, 1.82) is 0 Å². The first-order valence-corrected chi connectivity index (χ1v) is 6.94. The molecule has 4 N–H and O–H groups in total. The lowest BCUT2D eigenvalue weighted by atomic mass is 10.3. The monoisotopic (exact) mass is 214 g/mol. The Balaban J connectivity index is 1.55. The molecule has 0 radical (unpaired) electrons. The van der Waals surface area contributed by atoms with E-state index in [9.17, 15) is 0 Å². The second-order valence-electron chi connectivity index (χ2n) is 5.28. The normalized spacial score (nSPS) is 29.2. The van der Waals surface area contributed by atoms with Crippen molar-refractivity contribution in [2.75, 3.05) is 52.4 Å². The van der Waals surface area contributed by atoms with E-state index in [-0.39, 0.29) is 0 Å². The van der Waals surface area contributed by atoms with Crippen LogP contribution in [0.2, 0.25) is 0 Å². The molecule has 0 aromatic heterocycles. The summed E-state index contributed by atoms with van der Waals surface area (Å²) in [4.78, 5) is 3.73. The Kier molecular flexibility index (Phi) is 4.90. The molecule has 2 saturated heterocycles. The van der Waals surface area contributed by atoms with Crippen molar-refractivity contribution >= 4 is 0 Å². The van der Waals surface area contributed by atoms with Crippen molar-refractivity contribution in [1.82, 2.24) is 0 Å². The minimum absolute atomic E-state index is 1.35. The maximum atomic E-state index is 2.48. The lowest BCUT2D eigenvalue weighted by molar-refractivity contribution is -0.917. The molecule has 3 heteroatoms. The summed E-state index contributed by atoms with van der Waals surface area (Å²) in [5.74, 6) is 0. The highest BCUT2D eigenvalue weighted by molar-refractivity contribution is 4.45. The molecule has 2 fully saturated rings. The largest absolute Gasteiger partial charge is 0.341 e. The Morgan fingerprint density at radius 2 is 1.40 bits per heavy atom. The van der Waals surface area contributed by atoms with Crippen LogP contribution in [0.4, 0.5) is 0 Å². The number of quaternary nitrogens is 3. The topological polar surface area (TPSA) is 25.5 Å². The average molecular weight is 214 g/mol. The van der Waals surface area contributed by atoms with Crippen LogP contribution in [0.5, 0.6) is 0 Å². The van der Waals surface area contributed by atoms with Gasteiger partial charge in [-0.15, -0.1) is 0 Å². The molecule has 1 atom stereocenters. The van der Waals surface area contributed by atoms with E-state index in [0.29, 0.717) is 0 Å². The number of rotatable bonds is 4. The molecule has 2 aliphatic rings. The molecule has 0 aromatic carbocycles. The molecule has 15 heavy (non-hydrogen) atoms. The maximum Gasteiger partial charge on any atom is 0.127 e. The van der Waals surface area contributed by atoms with Crippen molar-refractivity contribution in [2.24, 2.45) is 0 Å². The summed E-state index contributed by atoms with van der Waals surface area (Å²) in [6, 6.07) is 0. The van der Waals surface area contributed by atoms with E-state index in [1.165, 1.54) is 78.0 Å². The van der Waals surface area contributed by atoms with E-state index in [1.807, 2.05) is 9.80 Å². The van der Waals surface area contributed by atoms with E-state index < -0.39 is 0 Å². The summed E-state index contributed by atoms with van der Waals surface area (Å²) >= 11 is 0. The average Bonchev–Trinajstić information content (AvgIpc) is 2.62. The molecule has 2 heterocycles. The fraction of sp³-hybridized carbons (Fsp3) is 1.00. The summed E-state index contributed by atoms with van der Waals surface area (Å²) in [6.45, 7) is 11.3. The zero-order valence-electron chi connectivity index (χ0n) is 10.1. The van der Waals surface area contributed by atoms with Gasteiger partial charge in [-0.05, 0) is 0 Å². The van der Waals surface area contributed by atoms with Crippen molar-refractivity contribution in [2.45, 2.75) is 25.7 Å². The Morgan fingerprint density at radius 1 is 0.733 bits per heavy atom. The van der Waals surface area contributed by atoms with Crippen LogP contribution in [-0.4, -0.2) is 52.4 Å². The second kappa shape index (κ2) is 6.46. The standard InChI is InChI=1S/C12H25N3/c1-2-8-14(7-1)10-4-11-15-9-3-5-13-6-12-15/h13H,1-12H2/p+3. The number of nitrogens with one attached hydrogen (secondary N) is 2. The summed E-state index contributed by atoms with van der Waals surface area (Å²) in [5, 5.41) is 2.48. The fourth-order valence-corrected chi connectivity index (χ4v) is 3.04. The minimum Gasteiger partial charge on any atom is -0.341 e. The van der Waals surface area contributed by atoms with Gasteiger partial charge in [-0.1, -0.05) is 0 Å². The Morgan fingerprint density at radius 3 is 2.20 bits per heavy atom. The Bertz CT molecular complexity index is 158. The van der Waals surface area contributed by atoms with Gasteiger partial charge in [-0.3, -0.25) is 0 Å². The van der Waals surface area contributed by atoms with Crippen molar-refractivity contribution < 1.29 is 15.1 Å². The first-order valence-electron chi connectivity index (χ1n) is 6.94. The van der Waals surface area contributed by atoms with Gasteiger partial charge in [0.25, 0.3) is 0 Å². The van der Waals surface area contributed by atoms with Crippen LogP contribution < -0.4 is 15.1 Å². The van der Waals surface area contributed by atoms with Crippen molar-refractivity contribution in [3.05, 3.63) is 0 Å². The molecule has 0 spiro atoms. The molecular formula is C12H28N3+3. The highest BCUT2D eigenvalue weighted by atomic mass is 15.2. The molecule has 2 aliphatic heterocycles. The third kappa shape index (κ3) is 4.09. The molecular weight excluding hydrogens is 186 g/mol. The smallest absolute Gasteiger partial charge is 0.127 e. The number of hydrogen-bond donors (Lipinski definition) is 3. The van der Waals surface area contributed by atoms with Gasteiger partial charge in [0.05, 0.1) is 39.3 Å². The molecule has 0 aliphatic carbocycles. The van der Waals surface area contributed by atoms with Gasteiger partial charge in [0, 0.05) is 25.7 Å². The van der Waals surface area contributed by atoms with Crippen LogP contribution in [-0.2, 0) is 0 Å². The number of nitrogens with two attached hydrogens (primary N) is 1. The molecule has 0 amide bonds. The third-order valence-electron chi connectivity index (χ3n) is 4.01. The van der Waals surface area contributed by atoms with E-state index in [1.54, 1.807) is 0 Å². The number of hydrogen-bond acceptors (Lipinski definition) is 0. The molecule has 0 saturated carbocycles. The van der Waals surface area contributed by atoms with Crippen LogP contribution in [0.25, 0.3) is 0 Å². The van der Waals surface area contributed by atoms with Crippen molar-refractivity contribution in [3.63, 3.8) is 0 Å². The van der Waals surface area contributed by atoms with Gasteiger partial charge in [-0.2, -0.15) is 0 Å². The van der Waals surface area contributed by atoms with Crippen LogP contribution in [0.1, 0.15) is 25.7 Å². The predicted molar refractivity (Wildman–Crippen MR) is 61.3 cm³/mol. The highest BCUT2D eigenvalue weighted by Gasteiger charge is 2.17. The molecule has 1 unspecified atom stereocenters. The van der Waals surface area contributed by atoms with Crippen LogP contribution in [0.15, 0.2) is 0 Å². The summed E-state index contributed by atoms with van der Waals surface area (Å²) in [6.07, 6.45) is 5.82. The maximum absolute atomic E-state index is 2.48. The highest BCUT2D eigenvalue weighted by Crippen LogP contribution is 1.87. The molecule has 0 bridgehead atoms. The van der Waals surface area contributed by atoms with Gasteiger partial charge in [-0.25, -0.2) is 0 Å². The summed E-state index contributed by atoms with van der Waals surface area (Å²) in [5.41, 5.74) is 0. The third-order valence-corrected chi connectivity index (χ3v) is 4.01. The quantitative estimate of drug-likeness (QED) is 0.442. The lowest BCUT2D eigenvalue weighted by Crippen LogP contribution is -3.15. The van der Waals surface area contributed by atoms with Crippen LogP contribution in [0.3, 0.4) is 0 Å². The summed E-state index contributed by atoms with van der Waals surface area (Å²) in [7, 11) is 0. The second-order valence-corrected chi connectivity index (χ2v) is 5.28. The first kappa shape index (κ1) is 11.4. The molecule has 88 valence electrons. The zero-order valence-corrected chi connectivity index (χ0v) is 10.1. The Hall–Kier alpha value is -0.120. The van der Waals surface area contributed by atoms with E-state index in [0.717, 1.165) is 0 Å². The van der Waals surface area contributed by atoms with Gasteiger partial charge < -0.3 is 15.1 Å². The SMILES string of the molecule is C1CC[NH+](CCC[NH+]2CCC[NH2+]CC2)C1. The van der Waals surface area contributed by atoms with Crippen molar-refractivity contribution in [3.8, 4) is 0 Å². The minimum atomic E-state index is 1.35. The van der Waals surface area contributed by atoms with Gasteiger partial charge >= 0.3 is 0 Å². The van der Waals surface area contributed by atoms with Crippen LogP contribution >= 0.6 is 0 Å². The molecule has 0 aromatic rings. The van der Waals surface area contributed by atoms with Crippen LogP contribution in [0, 0.1) is 0 Å².